The number of hydrogen-bond donors (Lipinski definition) is 0. The van der Waals surface area contributed by atoms with Crippen LogP contribution in [-0.4, -0.2) is 0 Å². The van der Waals surface area contributed by atoms with Crippen molar-refractivity contribution in [3.05, 3.63) is 131 Å². The Morgan fingerprint density at radius 1 is 0.385 bits per heavy atom. The molecule has 0 bridgehead atoms. The van der Waals surface area contributed by atoms with Crippen LogP contribution < -0.4 is 0 Å². The Kier molecular flexibility index (Phi) is 4.41. The summed E-state index contributed by atoms with van der Waals surface area (Å²) < 4.78 is 0. The average molecular weight is 446 g/mol. The van der Waals surface area contributed by atoms with E-state index in [-0.39, 0.29) is 29.4 Å². The Morgan fingerprint density at radius 3 is 1.15 bits per heavy atom. The van der Waals surface area contributed by atoms with Gasteiger partial charge in [0.15, 0.2) is 0 Å². The van der Waals surface area contributed by atoms with Crippen molar-refractivity contribution in [2.24, 2.45) is 0 Å². The Morgan fingerprint density at radius 2 is 0.731 bits per heavy atom. The van der Waals surface area contributed by atoms with Crippen LogP contribution in [0.4, 0.5) is 0 Å². The van der Waals surface area contributed by atoms with Gasteiger partial charge >= 0.3 is 0 Å². The lowest BCUT2D eigenvalue weighted by Gasteiger charge is -2.33. The molecule has 0 spiro atoms. The van der Waals surface area contributed by atoms with Gasteiger partial charge in [0.05, 0.1) is 5.41 Å². The van der Waals surface area contributed by atoms with Gasteiger partial charge in [0.25, 0.3) is 0 Å². The molecule has 0 N–H and O–H groups in total. The Hall–Kier alpha value is -2.39. The SMILES string of the molecule is I.c1ccc(C2(c3ccccc3)c3ccccc3-c3ccccc32)cc1. The van der Waals surface area contributed by atoms with Crippen LogP contribution in [-0.2, 0) is 5.41 Å². The molecule has 4 aromatic rings. The quantitative estimate of drug-likeness (QED) is 0.266. The molecule has 0 aromatic heterocycles. The van der Waals surface area contributed by atoms with Crippen LogP contribution in [0.1, 0.15) is 22.3 Å². The van der Waals surface area contributed by atoms with Crippen molar-refractivity contribution in [1.82, 2.24) is 0 Å². The van der Waals surface area contributed by atoms with E-state index in [1.54, 1.807) is 0 Å². The third-order valence-corrected chi connectivity index (χ3v) is 5.37. The fraction of sp³-hybridized carbons (Fsp3) is 0.0400. The minimum Gasteiger partial charge on any atom is -0.107 e. The summed E-state index contributed by atoms with van der Waals surface area (Å²) in [6, 6.07) is 39.5. The third-order valence-electron chi connectivity index (χ3n) is 5.37. The number of hydrogen-bond acceptors (Lipinski definition) is 0. The molecule has 0 atom stereocenters. The minimum absolute atomic E-state index is 0. The fourth-order valence-electron chi connectivity index (χ4n) is 4.40. The highest BCUT2D eigenvalue weighted by Crippen LogP contribution is 2.55. The molecule has 0 radical (unpaired) electrons. The molecule has 1 aliphatic carbocycles. The van der Waals surface area contributed by atoms with E-state index in [9.17, 15) is 0 Å². The van der Waals surface area contributed by atoms with Crippen molar-refractivity contribution in [3.8, 4) is 11.1 Å². The molecule has 4 aromatic carbocycles. The molecule has 0 aliphatic heterocycles. The molecule has 0 saturated heterocycles. The van der Waals surface area contributed by atoms with Crippen molar-refractivity contribution in [2.45, 2.75) is 5.41 Å². The Labute approximate surface area is 171 Å². The van der Waals surface area contributed by atoms with E-state index in [4.69, 9.17) is 0 Å². The van der Waals surface area contributed by atoms with Crippen LogP contribution in [0.5, 0.6) is 0 Å². The van der Waals surface area contributed by atoms with E-state index >= 15 is 0 Å². The Bertz CT molecular complexity index is 949. The summed E-state index contributed by atoms with van der Waals surface area (Å²) in [7, 11) is 0. The molecule has 126 valence electrons. The normalized spacial score (nSPS) is 13.4. The van der Waals surface area contributed by atoms with Gasteiger partial charge in [-0.15, -0.1) is 24.0 Å². The van der Waals surface area contributed by atoms with Crippen LogP contribution in [0.15, 0.2) is 109 Å². The maximum absolute atomic E-state index is 2.29. The average Bonchev–Trinajstić information content (AvgIpc) is 3.01. The lowest BCUT2D eigenvalue weighted by molar-refractivity contribution is 0.768. The lowest BCUT2D eigenvalue weighted by Crippen LogP contribution is -2.28. The van der Waals surface area contributed by atoms with Crippen molar-refractivity contribution in [1.29, 1.82) is 0 Å². The molecule has 0 nitrogen and oxygen atoms in total. The number of rotatable bonds is 2. The summed E-state index contributed by atoms with van der Waals surface area (Å²) in [4.78, 5) is 0. The van der Waals surface area contributed by atoms with E-state index in [1.165, 1.54) is 33.4 Å². The first-order valence-electron chi connectivity index (χ1n) is 8.73. The van der Waals surface area contributed by atoms with Crippen LogP contribution in [0.25, 0.3) is 11.1 Å². The fourth-order valence-corrected chi connectivity index (χ4v) is 4.40. The molecule has 26 heavy (non-hydrogen) atoms. The summed E-state index contributed by atoms with van der Waals surface area (Å²) in [6.07, 6.45) is 0. The summed E-state index contributed by atoms with van der Waals surface area (Å²) in [5.41, 5.74) is 7.80. The second kappa shape index (κ2) is 6.73. The standard InChI is InChI=1S/C25H18.HI/c1-3-11-19(12-4-1)25(20-13-5-2-6-14-20)23-17-9-7-15-21(23)22-16-8-10-18-24(22)25;/h1-18H;1H. The zero-order valence-electron chi connectivity index (χ0n) is 14.3. The molecule has 0 saturated carbocycles. The second-order valence-corrected chi connectivity index (χ2v) is 6.57. The minimum atomic E-state index is -0.254. The van der Waals surface area contributed by atoms with Gasteiger partial charge in [-0.3, -0.25) is 0 Å². The zero-order valence-corrected chi connectivity index (χ0v) is 16.6. The van der Waals surface area contributed by atoms with E-state index in [1.807, 2.05) is 0 Å². The third kappa shape index (κ3) is 2.27. The first-order chi connectivity index (χ1) is 12.4. The molecule has 5 rings (SSSR count). The summed E-state index contributed by atoms with van der Waals surface area (Å²) >= 11 is 0. The Balaban J connectivity index is 0.00000168. The maximum Gasteiger partial charge on any atom is 0.0713 e. The van der Waals surface area contributed by atoms with Crippen LogP contribution in [0, 0.1) is 0 Å². The largest absolute Gasteiger partial charge is 0.107 e. The molecule has 1 heteroatoms. The topological polar surface area (TPSA) is 0 Å². The predicted octanol–water partition coefficient (Wildman–Crippen LogP) is 6.67. The van der Waals surface area contributed by atoms with Crippen LogP contribution in [0.2, 0.25) is 0 Å². The number of benzene rings is 4. The summed E-state index contributed by atoms with van der Waals surface area (Å²) in [6.45, 7) is 0. The van der Waals surface area contributed by atoms with Crippen molar-refractivity contribution < 1.29 is 0 Å². The smallest absolute Gasteiger partial charge is 0.0713 e. The molecule has 0 amide bonds. The van der Waals surface area contributed by atoms with Gasteiger partial charge in [-0.2, -0.15) is 0 Å². The van der Waals surface area contributed by atoms with Crippen molar-refractivity contribution in [2.75, 3.05) is 0 Å². The molecule has 0 fully saturated rings. The highest BCUT2D eigenvalue weighted by atomic mass is 127. The first kappa shape index (κ1) is 17.0. The van der Waals surface area contributed by atoms with Gasteiger partial charge in [0.1, 0.15) is 0 Å². The van der Waals surface area contributed by atoms with Crippen LogP contribution in [0.3, 0.4) is 0 Å². The highest BCUT2D eigenvalue weighted by Gasteiger charge is 2.45. The molecule has 0 heterocycles. The highest BCUT2D eigenvalue weighted by molar-refractivity contribution is 14.0. The zero-order chi connectivity index (χ0) is 16.7. The summed E-state index contributed by atoms with van der Waals surface area (Å²) in [5.74, 6) is 0. The van der Waals surface area contributed by atoms with E-state index < -0.39 is 0 Å². The van der Waals surface area contributed by atoms with Crippen molar-refractivity contribution in [3.63, 3.8) is 0 Å². The van der Waals surface area contributed by atoms with Gasteiger partial charge in [-0.25, -0.2) is 0 Å². The molecule has 1 aliphatic rings. The molecule has 0 unspecified atom stereocenters. The van der Waals surface area contributed by atoms with Gasteiger partial charge in [-0.05, 0) is 33.4 Å². The van der Waals surface area contributed by atoms with E-state index in [0.29, 0.717) is 0 Å². The predicted molar refractivity (Wildman–Crippen MR) is 119 cm³/mol. The maximum atomic E-state index is 2.29. The monoisotopic (exact) mass is 446 g/mol. The van der Waals surface area contributed by atoms with E-state index in [0.717, 1.165) is 0 Å². The number of halogens is 1. The molecular weight excluding hydrogens is 427 g/mol. The van der Waals surface area contributed by atoms with Gasteiger partial charge in [0.2, 0.25) is 0 Å². The van der Waals surface area contributed by atoms with Gasteiger partial charge in [-0.1, -0.05) is 109 Å². The lowest BCUT2D eigenvalue weighted by atomic mass is 9.68. The van der Waals surface area contributed by atoms with Crippen molar-refractivity contribution >= 4 is 24.0 Å². The molecular formula is C25H19I. The van der Waals surface area contributed by atoms with Gasteiger partial charge in [0, 0.05) is 0 Å². The second-order valence-electron chi connectivity index (χ2n) is 6.57. The number of fused-ring (bicyclic) bond motifs is 3. The first-order valence-corrected chi connectivity index (χ1v) is 8.73. The summed E-state index contributed by atoms with van der Waals surface area (Å²) in [5, 5.41) is 0. The van der Waals surface area contributed by atoms with Crippen LogP contribution >= 0.6 is 24.0 Å². The van der Waals surface area contributed by atoms with Gasteiger partial charge < -0.3 is 0 Å². The van der Waals surface area contributed by atoms with E-state index in [2.05, 4.69) is 109 Å².